The predicted octanol–water partition coefficient (Wildman–Crippen LogP) is -3.41. The molecule has 3 atom stereocenters. The molecule has 0 aliphatic carbocycles. The Morgan fingerprint density at radius 3 is 2.17 bits per heavy atom. The van der Waals surface area contributed by atoms with Gasteiger partial charge in [0, 0.05) is 6.54 Å². The number of aliphatic hydroxyl groups is 4. The zero-order chi connectivity index (χ0) is 9.72. The molecule has 6 nitrogen and oxygen atoms in total. The van der Waals surface area contributed by atoms with Gasteiger partial charge in [0.05, 0.1) is 6.61 Å². The number of nitrogens with two attached hydrogens (primary N) is 1. The third kappa shape index (κ3) is 2.84. The number of aliphatic hydroxyl groups excluding tert-OH is 4. The van der Waals surface area contributed by atoms with Crippen LogP contribution in [0.2, 0.25) is 0 Å². The third-order valence-electron chi connectivity index (χ3n) is 1.39. The standard InChI is InChI=1S/C6H13NO5/c7-1-3(9)5(11)6(12)4(10)2-8/h3-4,6,8-10,12H,1-2,7H2/t3-,4-,6+/m1/s1. The Labute approximate surface area is 69.2 Å². The molecule has 0 saturated heterocycles. The summed E-state index contributed by atoms with van der Waals surface area (Å²) in [7, 11) is 0. The highest BCUT2D eigenvalue weighted by Crippen LogP contribution is 1.97. The molecular weight excluding hydrogens is 166 g/mol. The average molecular weight is 179 g/mol. The Hall–Kier alpha value is -0.530. The zero-order valence-corrected chi connectivity index (χ0v) is 6.42. The first-order chi connectivity index (χ1) is 5.54. The van der Waals surface area contributed by atoms with Crippen molar-refractivity contribution in [2.45, 2.75) is 18.3 Å². The zero-order valence-electron chi connectivity index (χ0n) is 6.42. The minimum Gasteiger partial charge on any atom is -0.394 e. The molecule has 0 aromatic rings. The van der Waals surface area contributed by atoms with E-state index in [0.29, 0.717) is 0 Å². The second-order valence-electron chi connectivity index (χ2n) is 2.35. The van der Waals surface area contributed by atoms with Crippen LogP contribution in [0.25, 0.3) is 0 Å². The molecule has 6 heteroatoms. The van der Waals surface area contributed by atoms with Gasteiger partial charge in [-0.15, -0.1) is 0 Å². The Bertz CT molecular complexity index is 151. The first kappa shape index (κ1) is 11.5. The summed E-state index contributed by atoms with van der Waals surface area (Å²) in [4.78, 5) is 10.8. The number of carbonyl (C=O) groups excluding carboxylic acids is 1. The Morgan fingerprint density at radius 1 is 1.33 bits per heavy atom. The van der Waals surface area contributed by atoms with Crippen molar-refractivity contribution >= 4 is 5.78 Å². The van der Waals surface area contributed by atoms with Gasteiger partial charge in [-0.05, 0) is 0 Å². The van der Waals surface area contributed by atoms with Crippen LogP contribution in [0.5, 0.6) is 0 Å². The summed E-state index contributed by atoms with van der Waals surface area (Å²) in [6.07, 6.45) is -4.85. The smallest absolute Gasteiger partial charge is 0.193 e. The van der Waals surface area contributed by atoms with E-state index in [2.05, 4.69) is 0 Å². The van der Waals surface area contributed by atoms with Gasteiger partial charge in [0.2, 0.25) is 0 Å². The molecule has 0 spiro atoms. The van der Waals surface area contributed by atoms with Crippen molar-refractivity contribution in [1.82, 2.24) is 0 Å². The van der Waals surface area contributed by atoms with Crippen molar-refractivity contribution in [2.24, 2.45) is 5.73 Å². The summed E-state index contributed by atoms with van der Waals surface area (Å²) < 4.78 is 0. The largest absolute Gasteiger partial charge is 0.394 e. The van der Waals surface area contributed by atoms with Gasteiger partial charge in [-0.1, -0.05) is 0 Å². The van der Waals surface area contributed by atoms with Crippen molar-refractivity contribution in [2.75, 3.05) is 13.2 Å². The van der Waals surface area contributed by atoms with E-state index in [0.717, 1.165) is 0 Å². The van der Waals surface area contributed by atoms with Crippen LogP contribution in [0.3, 0.4) is 0 Å². The maximum atomic E-state index is 10.8. The maximum Gasteiger partial charge on any atom is 0.193 e. The Morgan fingerprint density at radius 2 is 1.83 bits per heavy atom. The quantitative estimate of drug-likeness (QED) is 0.299. The molecule has 6 N–H and O–H groups in total. The maximum absolute atomic E-state index is 10.8. The van der Waals surface area contributed by atoms with Crippen LogP contribution in [0.1, 0.15) is 0 Å². The SMILES string of the molecule is NC[C@@H](O)C(=O)[C@@H](O)[C@H](O)CO. The van der Waals surface area contributed by atoms with Gasteiger partial charge in [0.15, 0.2) is 5.78 Å². The highest BCUT2D eigenvalue weighted by atomic mass is 16.4. The topological polar surface area (TPSA) is 124 Å². The normalized spacial score (nSPS) is 18.4. The summed E-state index contributed by atoms with van der Waals surface area (Å²) in [5, 5.41) is 34.8. The van der Waals surface area contributed by atoms with Crippen LogP contribution in [0, 0.1) is 0 Å². The van der Waals surface area contributed by atoms with Gasteiger partial charge < -0.3 is 26.2 Å². The minimum atomic E-state index is -1.78. The van der Waals surface area contributed by atoms with Gasteiger partial charge in [-0.3, -0.25) is 4.79 Å². The van der Waals surface area contributed by atoms with Gasteiger partial charge in [0.25, 0.3) is 0 Å². The average Bonchev–Trinajstić information content (AvgIpc) is 2.12. The lowest BCUT2D eigenvalue weighted by molar-refractivity contribution is -0.142. The molecular formula is C6H13NO5. The first-order valence-electron chi connectivity index (χ1n) is 3.43. The lowest BCUT2D eigenvalue weighted by atomic mass is 10.1. The molecule has 12 heavy (non-hydrogen) atoms. The van der Waals surface area contributed by atoms with E-state index in [1.807, 2.05) is 0 Å². The van der Waals surface area contributed by atoms with Crippen molar-refractivity contribution < 1.29 is 25.2 Å². The van der Waals surface area contributed by atoms with E-state index in [1.165, 1.54) is 0 Å². The minimum absolute atomic E-state index is 0.325. The molecule has 0 radical (unpaired) electrons. The summed E-state index contributed by atoms with van der Waals surface area (Å²) in [5.41, 5.74) is 4.93. The fourth-order valence-electron chi connectivity index (χ4n) is 0.603. The van der Waals surface area contributed by atoms with Gasteiger partial charge in [-0.25, -0.2) is 0 Å². The number of Topliss-reactive ketones (excluding diaryl/α,β-unsaturated/α-hetero) is 1. The van der Waals surface area contributed by atoms with Crippen LogP contribution in [-0.4, -0.2) is 57.7 Å². The summed E-state index contributed by atoms with van der Waals surface area (Å²) in [6.45, 7) is -1.07. The molecule has 0 aliphatic heterocycles. The Kier molecular flexibility index (Phi) is 4.95. The van der Waals surface area contributed by atoms with E-state index in [9.17, 15) is 4.79 Å². The molecule has 0 aliphatic rings. The van der Waals surface area contributed by atoms with Crippen molar-refractivity contribution in [3.8, 4) is 0 Å². The number of ketones is 1. The highest BCUT2D eigenvalue weighted by Gasteiger charge is 2.27. The number of carbonyl (C=O) groups is 1. The monoisotopic (exact) mass is 179 g/mol. The number of rotatable bonds is 5. The van der Waals surface area contributed by atoms with Gasteiger partial charge in [0.1, 0.15) is 18.3 Å². The number of hydrogen-bond donors (Lipinski definition) is 5. The molecule has 0 aromatic heterocycles. The molecule has 0 amide bonds. The molecule has 0 rings (SSSR count). The molecule has 0 saturated carbocycles. The molecule has 0 fully saturated rings. The van der Waals surface area contributed by atoms with E-state index < -0.39 is 30.7 Å². The predicted molar refractivity (Wildman–Crippen MR) is 39.2 cm³/mol. The van der Waals surface area contributed by atoms with Crippen molar-refractivity contribution in [3.05, 3.63) is 0 Å². The molecule has 0 bridgehead atoms. The molecule has 72 valence electrons. The van der Waals surface area contributed by atoms with Gasteiger partial charge >= 0.3 is 0 Å². The van der Waals surface area contributed by atoms with Crippen molar-refractivity contribution in [1.29, 1.82) is 0 Å². The highest BCUT2D eigenvalue weighted by molar-refractivity contribution is 5.87. The second-order valence-corrected chi connectivity index (χ2v) is 2.35. The van der Waals surface area contributed by atoms with E-state index in [1.54, 1.807) is 0 Å². The van der Waals surface area contributed by atoms with E-state index >= 15 is 0 Å². The van der Waals surface area contributed by atoms with E-state index in [4.69, 9.17) is 26.2 Å². The lowest BCUT2D eigenvalue weighted by Crippen LogP contribution is -2.44. The van der Waals surface area contributed by atoms with Crippen LogP contribution < -0.4 is 5.73 Å². The van der Waals surface area contributed by atoms with E-state index in [-0.39, 0.29) is 6.54 Å². The van der Waals surface area contributed by atoms with Crippen LogP contribution in [-0.2, 0) is 4.79 Å². The molecule has 0 heterocycles. The summed E-state index contributed by atoms with van der Waals surface area (Å²) >= 11 is 0. The third-order valence-corrected chi connectivity index (χ3v) is 1.39. The summed E-state index contributed by atoms with van der Waals surface area (Å²) in [5.74, 6) is -0.987. The van der Waals surface area contributed by atoms with Crippen LogP contribution in [0.4, 0.5) is 0 Å². The van der Waals surface area contributed by atoms with Crippen molar-refractivity contribution in [3.63, 3.8) is 0 Å². The molecule has 0 unspecified atom stereocenters. The fourth-order valence-corrected chi connectivity index (χ4v) is 0.603. The Balaban J connectivity index is 4.09. The van der Waals surface area contributed by atoms with Gasteiger partial charge in [-0.2, -0.15) is 0 Å². The van der Waals surface area contributed by atoms with Crippen LogP contribution >= 0.6 is 0 Å². The first-order valence-corrected chi connectivity index (χ1v) is 3.43. The fraction of sp³-hybridized carbons (Fsp3) is 0.833. The summed E-state index contributed by atoms with van der Waals surface area (Å²) in [6, 6.07) is 0. The molecule has 0 aromatic carbocycles. The second kappa shape index (κ2) is 5.18. The lowest BCUT2D eigenvalue weighted by Gasteiger charge is -2.16. The van der Waals surface area contributed by atoms with Crippen LogP contribution in [0.15, 0.2) is 0 Å². The number of hydrogen-bond acceptors (Lipinski definition) is 6.